The summed E-state index contributed by atoms with van der Waals surface area (Å²) in [4.78, 5) is 31.5. The first-order valence-corrected chi connectivity index (χ1v) is 9.72. The maximum Gasteiger partial charge on any atom is 0.228 e. The van der Waals surface area contributed by atoms with Crippen molar-refractivity contribution in [1.82, 2.24) is 9.80 Å². The lowest BCUT2D eigenvalue weighted by Crippen LogP contribution is -2.49. The zero-order valence-electron chi connectivity index (χ0n) is 16.4. The minimum atomic E-state index is -0.217. The molecule has 5 nitrogen and oxygen atoms in total. The molecule has 0 spiro atoms. The average molecular weight is 357 g/mol. The number of carbonyl (C=O) groups is 2. The Morgan fingerprint density at radius 1 is 1.23 bits per heavy atom. The molecule has 142 valence electrons. The molecule has 2 saturated heterocycles. The number of amides is 2. The number of nitrogens with zero attached hydrogens (tertiary/aromatic N) is 3. The molecule has 3 rings (SSSR count). The van der Waals surface area contributed by atoms with Crippen LogP contribution in [0.5, 0.6) is 0 Å². The molecule has 2 atom stereocenters. The largest absolute Gasteiger partial charge is 0.341 e. The molecule has 0 aromatic heterocycles. The van der Waals surface area contributed by atoms with Gasteiger partial charge in [-0.2, -0.15) is 0 Å². The predicted octanol–water partition coefficient (Wildman–Crippen LogP) is 2.72. The Morgan fingerprint density at radius 3 is 2.69 bits per heavy atom. The Kier molecular flexibility index (Phi) is 5.66. The van der Waals surface area contributed by atoms with Crippen molar-refractivity contribution in [2.75, 3.05) is 38.6 Å². The van der Waals surface area contributed by atoms with Gasteiger partial charge in [0.25, 0.3) is 0 Å². The summed E-state index contributed by atoms with van der Waals surface area (Å²) in [6.45, 7) is 6.39. The zero-order valence-corrected chi connectivity index (χ0v) is 16.4. The van der Waals surface area contributed by atoms with E-state index in [0.29, 0.717) is 24.9 Å². The van der Waals surface area contributed by atoms with E-state index < -0.39 is 0 Å². The van der Waals surface area contributed by atoms with Crippen molar-refractivity contribution in [2.45, 2.75) is 45.1 Å². The minimum absolute atomic E-state index is 0.0606. The summed E-state index contributed by atoms with van der Waals surface area (Å²) in [6.07, 6.45) is 2.50. The molecule has 2 unspecified atom stereocenters. The van der Waals surface area contributed by atoms with Gasteiger partial charge in [0, 0.05) is 37.8 Å². The van der Waals surface area contributed by atoms with E-state index in [1.165, 1.54) is 5.56 Å². The number of likely N-dealkylation sites (N-methyl/N-ethyl adjacent to an activating group) is 1. The zero-order chi connectivity index (χ0) is 18.8. The first-order valence-electron chi connectivity index (χ1n) is 9.72. The molecule has 0 radical (unpaired) electrons. The quantitative estimate of drug-likeness (QED) is 0.832. The van der Waals surface area contributed by atoms with E-state index in [-0.39, 0.29) is 17.7 Å². The summed E-state index contributed by atoms with van der Waals surface area (Å²) in [5, 5.41) is 0. The molecule has 2 amide bonds. The maximum absolute atomic E-state index is 13.0. The number of piperidine rings is 1. The van der Waals surface area contributed by atoms with Crippen LogP contribution in [0.15, 0.2) is 24.3 Å². The van der Waals surface area contributed by atoms with Crippen molar-refractivity contribution in [3.63, 3.8) is 0 Å². The fourth-order valence-corrected chi connectivity index (χ4v) is 4.01. The first kappa shape index (κ1) is 18.9. The number of hydrogen-bond acceptors (Lipinski definition) is 3. The summed E-state index contributed by atoms with van der Waals surface area (Å²) >= 11 is 0. The molecule has 0 N–H and O–H groups in total. The third-order valence-corrected chi connectivity index (χ3v) is 5.76. The van der Waals surface area contributed by atoms with Crippen molar-refractivity contribution < 1.29 is 9.59 Å². The Balaban J connectivity index is 1.69. The first-order chi connectivity index (χ1) is 12.4. The maximum atomic E-state index is 13.0. The molecule has 5 heteroatoms. The number of benzene rings is 1. The summed E-state index contributed by atoms with van der Waals surface area (Å²) in [5.74, 6) is 0.408. The van der Waals surface area contributed by atoms with Crippen molar-refractivity contribution in [1.29, 1.82) is 0 Å². The van der Waals surface area contributed by atoms with Crippen LogP contribution in [-0.2, 0) is 9.59 Å². The van der Waals surface area contributed by atoms with Gasteiger partial charge in [-0.15, -0.1) is 0 Å². The highest BCUT2D eigenvalue weighted by molar-refractivity contribution is 6.00. The molecule has 2 heterocycles. The van der Waals surface area contributed by atoms with E-state index in [2.05, 4.69) is 45.0 Å². The highest BCUT2D eigenvalue weighted by Gasteiger charge is 2.38. The molecule has 2 fully saturated rings. The number of rotatable bonds is 4. The van der Waals surface area contributed by atoms with Crippen molar-refractivity contribution >= 4 is 17.5 Å². The Bertz CT molecular complexity index is 671. The number of likely N-dealkylation sites (tertiary alicyclic amines) is 1. The second-order valence-corrected chi connectivity index (χ2v) is 8.20. The molecule has 1 aromatic rings. The van der Waals surface area contributed by atoms with E-state index in [4.69, 9.17) is 0 Å². The molecule has 0 saturated carbocycles. The summed E-state index contributed by atoms with van der Waals surface area (Å²) in [7, 11) is 4.14. The van der Waals surface area contributed by atoms with Gasteiger partial charge in [0.05, 0.1) is 5.92 Å². The third-order valence-electron chi connectivity index (χ3n) is 5.76. The van der Waals surface area contributed by atoms with Crippen molar-refractivity contribution in [3.05, 3.63) is 29.8 Å². The van der Waals surface area contributed by atoms with Crippen LogP contribution in [0.2, 0.25) is 0 Å². The van der Waals surface area contributed by atoms with Gasteiger partial charge in [-0.1, -0.05) is 26.0 Å². The second kappa shape index (κ2) is 7.78. The van der Waals surface area contributed by atoms with Crippen LogP contribution in [0, 0.1) is 5.92 Å². The standard InChI is InChI=1S/C21H31N3O2/c1-15(2)16-7-5-8-18(11-16)24-13-17(12-20(24)25)21(26)23-10-6-9-19(14-23)22(3)4/h5,7-8,11,15,17,19H,6,9-10,12-14H2,1-4H3. The fraction of sp³-hybridized carbons (Fsp3) is 0.619. The number of hydrogen-bond donors (Lipinski definition) is 0. The number of carbonyl (C=O) groups excluding carboxylic acids is 2. The van der Waals surface area contributed by atoms with Gasteiger partial charge < -0.3 is 14.7 Å². The van der Waals surface area contributed by atoms with Gasteiger partial charge in [-0.05, 0) is 50.6 Å². The monoisotopic (exact) mass is 357 g/mol. The molecule has 1 aromatic carbocycles. The smallest absolute Gasteiger partial charge is 0.228 e. The van der Waals surface area contributed by atoms with Gasteiger partial charge >= 0.3 is 0 Å². The summed E-state index contributed by atoms with van der Waals surface area (Å²) in [6, 6.07) is 8.56. The SMILES string of the molecule is CC(C)c1cccc(N2CC(C(=O)N3CCCC(N(C)C)C3)CC2=O)c1. The molecule has 26 heavy (non-hydrogen) atoms. The van der Waals surface area contributed by atoms with Crippen LogP contribution >= 0.6 is 0 Å². The van der Waals surface area contributed by atoms with Crippen LogP contribution in [0.3, 0.4) is 0 Å². The normalized spacial score (nSPS) is 24.0. The van der Waals surface area contributed by atoms with E-state index in [1.54, 1.807) is 4.90 Å². The van der Waals surface area contributed by atoms with Crippen molar-refractivity contribution in [2.24, 2.45) is 5.92 Å². The highest BCUT2D eigenvalue weighted by atomic mass is 16.2. The molecular weight excluding hydrogens is 326 g/mol. The lowest BCUT2D eigenvalue weighted by Gasteiger charge is -2.37. The van der Waals surface area contributed by atoms with E-state index in [9.17, 15) is 9.59 Å². The lowest BCUT2D eigenvalue weighted by atomic mass is 10.0. The van der Waals surface area contributed by atoms with Gasteiger partial charge in [-0.25, -0.2) is 0 Å². The highest BCUT2D eigenvalue weighted by Crippen LogP contribution is 2.29. The van der Waals surface area contributed by atoms with Crippen LogP contribution in [-0.4, -0.2) is 61.4 Å². The predicted molar refractivity (Wildman–Crippen MR) is 104 cm³/mol. The molecule has 2 aliphatic heterocycles. The molecule has 2 aliphatic rings. The lowest BCUT2D eigenvalue weighted by molar-refractivity contribution is -0.137. The Morgan fingerprint density at radius 2 is 2.00 bits per heavy atom. The van der Waals surface area contributed by atoms with Crippen LogP contribution in [0.1, 0.15) is 44.6 Å². The Hall–Kier alpha value is -1.88. The van der Waals surface area contributed by atoms with Crippen LogP contribution < -0.4 is 4.90 Å². The number of anilines is 1. The van der Waals surface area contributed by atoms with Gasteiger partial charge in [0.1, 0.15) is 0 Å². The third kappa shape index (κ3) is 3.93. The molecular formula is C21H31N3O2. The van der Waals surface area contributed by atoms with Gasteiger partial charge in [0.2, 0.25) is 11.8 Å². The van der Waals surface area contributed by atoms with E-state index in [1.807, 2.05) is 17.0 Å². The summed E-state index contributed by atoms with van der Waals surface area (Å²) < 4.78 is 0. The topological polar surface area (TPSA) is 43.9 Å². The fourth-order valence-electron chi connectivity index (χ4n) is 4.01. The van der Waals surface area contributed by atoms with Crippen LogP contribution in [0.25, 0.3) is 0 Å². The van der Waals surface area contributed by atoms with Gasteiger partial charge in [0.15, 0.2) is 0 Å². The Labute approximate surface area is 156 Å². The molecule has 0 aliphatic carbocycles. The summed E-state index contributed by atoms with van der Waals surface area (Å²) in [5.41, 5.74) is 2.14. The van der Waals surface area contributed by atoms with Crippen molar-refractivity contribution in [3.8, 4) is 0 Å². The average Bonchev–Trinajstić information content (AvgIpc) is 3.03. The van der Waals surface area contributed by atoms with Gasteiger partial charge in [-0.3, -0.25) is 9.59 Å². The van der Waals surface area contributed by atoms with E-state index >= 15 is 0 Å². The molecule has 0 bridgehead atoms. The van der Waals surface area contributed by atoms with Crippen LogP contribution in [0.4, 0.5) is 5.69 Å². The minimum Gasteiger partial charge on any atom is -0.341 e. The second-order valence-electron chi connectivity index (χ2n) is 8.20. The van der Waals surface area contributed by atoms with E-state index in [0.717, 1.165) is 31.6 Å².